The zero-order valence-electron chi connectivity index (χ0n) is 13.6. The van der Waals surface area contributed by atoms with E-state index in [9.17, 15) is 0 Å². The second-order valence-corrected chi connectivity index (χ2v) is 5.90. The fourth-order valence-corrected chi connectivity index (χ4v) is 3.23. The van der Waals surface area contributed by atoms with Gasteiger partial charge in [0, 0.05) is 42.4 Å². The molecule has 0 radical (unpaired) electrons. The van der Waals surface area contributed by atoms with E-state index < -0.39 is 0 Å². The Bertz CT molecular complexity index is 657. The minimum absolute atomic E-state index is 0.620. The van der Waals surface area contributed by atoms with Gasteiger partial charge in [0.1, 0.15) is 11.3 Å². The second kappa shape index (κ2) is 6.53. The van der Waals surface area contributed by atoms with Gasteiger partial charge in [-0.05, 0) is 32.4 Å². The van der Waals surface area contributed by atoms with E-state index in [1.807, 2.05) is 19.1 Å². The van der Waals surface area contributed by atoms with Crippen molar-refractivity contribution in [1.29, 1.82) is 0 Å². The lowest BCUT2D eigenvalue weighted by Crippen LogP contribution is -2.21. The number of pyridine rings is 1. The van der Waals surface area contributed by atoms with Crippen LogP contribution < -0.4 is 9.64 Å². The van der Waals surface area contributed by atoms with E-state index in [1.165, 1.54) is 17.5 Å². The summed E-state index contributed by atoms with van der Waals surface area (Å²) in [6.45, 7) is 7.88. The van der Waals surface area contributed by atoms with Gasteiger partial charge in [-0.25, -0.2) is 4.98 Å². The van der Waals surface area contributed by atoms with E-state index in [4.69, 9.17) is 9.47 Å². The van der Waals surface area contributed by atoms with Crippen LogP contribution in [0.5, 0.6) is 5.75 Å². The van der Waals surface area contributed by atoms with Gasteiger partial charge >= 0.3 is 0 Å². The van der Waals surface area contributed by atoms with Crippen LogP contribution in [0.1, 0.15) is 19.0 Å². The van der Waals surface area contributed by atoms with Crippen LogP contribution in [0.2, 0.25) is 0 Å². The Morgan fingerprint density at radius 3 is 3.00 bits per heavy atom. The number of nitrogens with zero attached hydrogens (tertiary/aromatic N) is 2. The Balaban J connectivity index is 1.94. The number of para-hydroxylation sites is 1. The standard InChI is InChI=1S/C18H24N2O2/c1-4-22-12-14-8-9-20(11-14)16-10-13(2)19-18-15(16)6-5-7-17(18)21-3/h5-7,10,14H,4,8-9,11-12H2,1-3H3. The molecule has 0 amide bonds. The zero-order chi connectivity index (χ0) is 15.5. The Morgan fingerprint density at radius 2 is 2.23 bits per heavy atom. The third-order valence-electron chi connectivity index (χ3n) is 4.31. The van der Waals surface area contributed by atoms with Crippen molar-refractivity contribution in [3.8, 4) is 5.75 Å². The number of aryl methyl sites for hydroxylation is 1. The molecule has 0 spiro atoms. The average Bonchev–Trinajstić information content (AvgIpc) is 3.00. The van der Waals surface area contributed by atoms with Crippen LogP contribution in [0, 0.1) is 12.8 Å². The van der Waals surface area contributed by atoms with Crippen molar-refractivity contribution < 1.29 is 9.47 Å². The predicted molar refractivity (Wildman–Crippen MR) is 89.8 cm³/mol. The molecule has 118 valence electrons. The van der Waals surface area contributed by atoms with E-state index >= 15 is 0 Å². The Hall–Kier alpha value is -1.81. The molecule has 0 bridgehead atoms. The summed E-state index contributed by atoms with van der Waals surface area (Å²) in [6, 6.07) is 8.33. The third-order valence-corrected chi connectivity index (χ3v) is 4.31. The number of benzene rings is 1. The summed E-state index contributed by atoms with van der Waals surface area (Å²) >= 11 is 0. The summed E-state index contributed by atoms with van der Waals surface area (Å²) in [7, 11) is 1.70. The fraction of sp³-hybridized carbons (Fsp3) is 0.500. The van der Waals surface area contributed by atoms with Crippen LogP contribution in [0.3, 0.4) is 0 Å². The van der Waals surface area contributed by atoms with Crippen LogP contribution in [-0.2, 0) is 4.74 Å². The van der Waals surface area contributed by atoms with E-state index in [0.29, 0.717) is 5.92 Å². The number of hydrogen-bond acceptors (Lipinski definition) is 4. The van der Waals surface area contributed by atoms with Gasteiger partial charge in [0.25, 0.3) is 0 Å². The average molecular weight is 300 g/mol. The zero-order valence-corrected chi connectivity index (χ0v) is 13.6. The fourth-order valence-electron chi connectivity index (χ4n) is 3.23. The smallest absolute Gasteiger partial charge is 0.145 e. The molecule has 2 heterocycles. The minimum Gasteiger partial charge on any atom is -0.494 e. The van der Waals surface area contributed by atoms with Gasteiger partial charge in [-0.3, -0.25) is 0 Å². The molecule has 1 saturated heterocycles. The monoisotopic (exact) mass is 300 g/mol. The summed E-state index contributed by atoms with van der Waals surface area (Å²) in [6.07, 6.45) is 1.19. The van der Waals surface area contributed by atoms with Crippen molar-refractivity contribution in [3.05, 3.63) is 30.0 Å². The van der Waals surface area contributed by atoms with E-state index in [0.717, 1.165) is 43.3 Å². The highest BCUT2D eigenvalue weighted by atomic mass is 16.5. The van der Waals surface area contributed by atoms with Crippen LogP contribution in [-0.4, -0.2) is 38.4 Å². The van der Waals surface area contributed by atoms with Gasteiger partial charge in [-0.2, -0.15) is 0 Å². The number of anilines is 1. The maximum atomic E-state index is 5.59. The number of fused-ring (bicyclic) bond motifs is 1. The Kier molecular flexibility index (Phi) is 4.48. The Morgan fingerprint density at radius 1 is 1.36 bits per heavy atom. The van der Waals surface area contributed by atoms with Crippen LogP contribution >= 0.6 is 0 Å². The molecule has 22 heavy (non-hydrogen) atoms. The first-order valence-corrected chi connectivity index (χ1v) is 8.00. The van der Waals surface area contributed by atoms with Gasteiger partial charge in [-0.1, -0.05) is 12.1 Å². The molecule has 0 N–H and O–H groups in total. The molecule has 0 saturated carbocycles. The molecule has 4 heteroatoms. The van der Waals surface area contributed by atoms with Gasteiger partial charge in [-0.15, -0.1) is 0 Å². The summed E-state index contributed by atoms with van der Waals surface area (Å²) in [5.41, 5.74) is 3.24. The first-order chi connectivity index (χ1) is 10.7. The highest BCUT2D eigenvalue weighted by Crippen LogP contribution is 2.34. The van der Waals surface area contributed by atoms with Crippen molar-refractivity contribution in [3.63, 3.8) is 0 Å². The number of aromatic nitrogens is 1. The van der Waals surface area contributed by atoms with E-state index in [-0.39, 0.29) is 0 Å². The molecule has 1 unspecified atom stereocenters. The van der Waals surface area contributed by atoms with Crippen LogP contribution in [0.25, 0.3) is 10.9 Å². The molecule has 1 fully saturated rings. The lowest BCUT2D eigenvalue weighted by molar-refractivity contribution is 0.117. The first kappa shape index (κ1) is 15.1. The van der Waals surface area contributed by atoms with E-state index in [2.05, 4.69) is 28.9 Å². The lowest BCUT2D eigenvalue weighted by Gasteiger charge is -2.22. The maximum Gasteiger partial charge on any atom is 0.145 e. The van der Waals surface area contributed by atoms with Crippen molar-refractivity contribution >= 4 is 16.6 Å². The Labute approximate surface area is 132 Å². The first-order valence-electron chi connectivity index (χ1n) is 8.00. The molecule has 1 aromatic heterocycles. The summed E-state index contributed by atoms with van der Waals surface area (Å²) in [5.74, 6) is 1.46. The van der Waals surface area contributed by atoms with Crippen molar-refractivity contribution in [2.45, 2.75) is 20.3 Å². The number of rotatable bonds is 5. The van der Waals surface area contributed by atoms with Crippen molar-refractivity contribution in [2.75, 3.05) is 38.3 Å². The lowest BCUT2D eigenvalue weighted by atomic mass is 10.1. The topological polar surface area (TPSA) is 34.6 Å². The predicted octanol–water partition coefficient (Wildman–Crippen LogP) is 3.41. The maximum absolute atomic E-state index is 5.59. The van der Waals surface area contributed by atoms with Gasteiger partial charge in [0.05, 0.1) is 13.7 Å². The van der Waals surface area contributed by atoms with Crippen LogP contribution in [0.4, 0.5) is 5.69 Å². The molecule has 0 aliphatic carbocycles. The summed E-state index contributed by atoms with van der Waals surface area (Å²) < 4.78 is 11.1. The highest BCUT2D eigenvalue weighted by molar-refractivity contribution is 5.95. The highest BCUT2D eigenvalue weighted by Gasteiger charge is 2.24. The SMILES string of the molecule is CCOCC1CCN(c2cc(C)nc3c(OC)cccc23)C1. The molecular formula is C18H24N2O2. The van der Waals surface area contributed by atoms with Gasteiger partial charge in [0.15, 0.2) is 0 Å². The van der Waals surface area contributed by atoms with Gasteiger partial charge < -0.3 is 14.4 Å². The summed E-state index contributed by atoms with van der Waals surface area (Å²) in [4.78, 5) is 7.13. The third kappa shape index (κ3) is 2.88. The molecule has 2 aromatic rings. The van der Waals surface area contributed by atoms with Crippen molar-refractivity contribution in [1.82, 2.24) is 4.98 Å². The minimum atomic E-state index is 0.620. The molecule has 1 atom stereocenters. The quantitative estimate of drug-likeness (QED) is 0.847. The van der Waals surface area contributed by atoms with Crippen molar-refractivity contribution in [2.24, 2.45) is 5.92 Å². The van der Waals surface area contributed by atoms with Crippen LogP contribution in [0.15, 0.2) is 24.3 Å². The largest absolute Gasteiger partial charge is 0.494 e. The molecule has 1 aromatic carbocycles. The summed E-state index contributed by atoms with van der Waals surface area (Å²) in [5, 5.41) is 1.17. The number of hydrogen-bond donors (Lipinski definition) is 0. The van der Waals surface area contributed by atoms with E-state index in [1.54, 1.807) is 7.11 Å². The molecule has 1 aliphatic heterocycles. The normalized spacial score (nSPS) is 18.1. The molecule has 4 nitrogen and oxygen atoms in total. The number of methoxy groups -OCH3 is 1. The molecule has 3 rings (SSSR count). The van der Waals surface area contributed by atoms with Gasteiger partial charge in [0.2, 0.25) is 0 Å². The number of ether oxygens (including phenoxy) is 2. The second-order valence-electron chi connectivity index (χ2n) is 5.90. The molecular weight excluding hydrogens is 276 g/mol. The molecule has 1 aliphatic rings.